The van der Waals surface area contributed by atoms with Crippen LogP contribution < -0.4 is 4.90 Å². The Bertz CT molecular complexity index is 878. The van der Waals surface area contributed by atoms with E-state index in [0.29, 0.717) is 19.5 Å². The molecular weight excluding hydrogens is 328 g/mol. The number of rotatable bonds is 4. The van der Waals surface area contributed by atoms with E-state index >= 15 is 0 Å². The molecule has 4 rings (SSSR count). The van der Waals surface area contributed by atoms with Crippen molar-refractivity contribution in [1.82, 2.24) is 24.4 Å². The van der Waals surface area contributed by atoms with Crippen molar-refractivity contribution in [1.29, 1.82) is 0 Å². The number of imidazole rings is 1. The summed E-state index contributed by atoms with van der Waals surface area (Å²) >= 11 is 0. The summed E-state index contributed by atoms with van der Waals surface area (Å²) in [7, 11) is 0. The highest BCUT2D eigenvalue weighted by atomic mass is 16.2. The lowest BCUT2D eigenvalue weighted by Gasteiger charge is -2.22. The SMILES string of the molecule is O=C(CCn1cnc2ccccc21)N1CCCN(c2ncccn2)CC1. The summed E-state index contributed by atoms with van der Waals surface area (Å²) in [4.78, 5) is 29.8. The van der Waals surface area contributed by atoms with Crippen molar-refractivity contribution >= 4 is 22.9 Å². The van der Waals surface area contributed by atoms with Gasteiger partial charge in [-0.25, -0.2) is 15.0 Å². The standard InChI is InChI=1S/C19H22N6O/c26-18(7-12-25-15-22-16-5-1-2-6-17(16)25)23-10-4-11-24(14-13-23)19-20-8-3-9-21-19/h1-3,5-6,8-9,15H,4,7,10-14H2. The minimum atomic E-state index is 0.193. The predicted octanol–water partition coefficient (Wildman–Crippen LogP) is 1.96. The van der Waals surface area contributed by atoms with Gasteiger partial charge in [-0.3, -0.25) is 4.79 Å². The second kappa shape index (κ2) is 7.51. The van der Waals surface area contributed by atoms with E-state index in [4.69, 9.17) is 0 Å². The molecule has 1 amide bonds. The number of anilines is 1. The molecule has 0 bridgehead atoms. The molecule has 7 heteroatoms. The van der Waals surface area contributed by atoms with Gasteiger partial charge in [0.2, 0.25) is 11.9 Å². The molecule has 0 atom stereocenters. The van der Waals surface area contributed by atoms with Crippen LogP contribution in [0.4, 0.5) is 5.95 Å². The highest BCUT2D eigenvalue weighted by molar-refractivity contribution is 5.77. The third kappa shape index (κ3) is 3.51. The molecule has 1 aromatic carbocycles. The van der Waals surface area contributed by atoms with Crippen LogP contribution in [-0.2, 0) is 11.3 Å². The lowest BCUT2D eigenvalue weighted by molar-refractivity contribution is -0.131. The molecule has 0 spiro atoms. The summed E-state index contributed by atoms with van der Waals surface area (Å²) in [5.41, 5.74) is 2.04. The van der Waals surface area contributed by atoms with Crippen LogP contribution in [0.1, 0.15) is 12.8 Å². The molecule has 0 aliphatic carbocycles. The first-order chi connectivity index (χ1) is 12.8. The van der Waals surface area contributed by atoms with Crippen molar-refractivity contribution in [2.75, 3.05) is 31.1 Å². The van der Waals surface area contributed by atoms with Crippen LogP contribution in [0, 0.1) is 0 Å². The van der Waals surface area contributed by atoms with Crippen LogP contribution in [0.25, 0.3) is 11.0 Å². The van der Waals surface area contributed by atoms with E-state index in [9.17, 15) is 4.79 Å². The van der Waals surface area contributed by atoms with Gasteiger partial charge in [0.25, 0.3) is 0 Å². The summed E-state index contributed by atoms with van der Waals surface area (Å²) in [6.45, 7) is 3.79. The Hall–Kier alpha value is -2.96. The third-order valence-corrected chi connectivity index (χ3v) is 4.78. The second-order valence-electron chi connectivity index (χ2n) is 6.45. The second-order valence-corrected chi connectivity index (χ2v) is 6.45. The molecule has 3 aromatic rings. The summed E-state index contributed by atoms with van der Waals surface area (Å²) in [6, 6.07) is 9.82. The number of benzene rings is 1. The van der Waals surface area contributed by atoms with Gasteiger partial charge >= 0.3 is 0 Å². The smallest absolute Gasteiger partial charge is 0.225 e. The van der Waals surface area contributed by atoms with Crippen LogP contribution in [0.15, 0.2) is 49.1 Å². The predicted molar refractivity (Wildman–Crippen MR) is 99.8 cm³/mol. The van der Waals surface area contributed by atoms with Crippen molar-refractivity contribution < 1.29 is 4.79 Å². The largest absolute Gasteiger partial charge is 0.341 e. The summed E-state index contributed by atoms with van der Waals surface area (Å²) < 4.78 is 2.05. The third-order valence-electron chi connectivity index (χ3n) is 4.78. The molecule has 0 N–H and O–H groups in total. The Balaban J connectivity index is 1.35. The maximum Gasteiger partial charge on any atom is 0.225 e. The van der Waals surface area contributed by atoms with Gasteiger partial charge in [-0.15, -0.1) is 0 Å². The first-order valence-corrected chi connectivity index (χ1v) is 9.01. The molecule has 1 aliphatic rings. The van der Waals surface area contributed by atoms with Crippen LogP contribution in [0.3, 0.4) is 0 Å². The van der Waals surface area contributed by atoms with Crippen molar-refractivity contribution in [3.8, 4) is 0 Å². The maximum absolute atomic E-state index is 12.7. The molecule has 2 aromatic heterocycles. The van der Waals surface area contributed by atoms with E-state index in [-0.39, 0.29) is 5.91 Å². The fourth-order valence-electron chi connectivity index (χ4n) is 3.38. The van der Waals surface area contributed by atoms with Crippen molar-refractivity contribution in [3.63, 3.8) is 0 Å². The Morgan fingerprint density at radius 2 is 1.81 bits per heavy atom. The van der Waals surface area contributed by atoms with Crippen molar-refractivity contribution in [3.05, 3.63) is 49.1 Å². The summed E-state index contributed by atoms with van der Waals surface area (Å²) in [5.74, 6) is 0.935. The molecular formula is C19H22N6O. The van der Waals surface area contributed by atoms with Gasteiger partial charge in [-0.2, -0.15) is 0 Å². The first-order valence-electron chi connectivity index (χ1n) is 9.01. The number of amides is 1. The first kappa shape index (κ1) is 16.5. The van der Waals surface area contributed by atoms with Gasteiger partial charge < -0.3 is 14.4 Å². The van der Waals surface area contributed by atoms with E-state index in [1.165, 1.54) is 0 Å². The molecule has 1 fully saturated rings. The van der Waals surface area contributed by atoms with Gasteiger partial charge in [0, 0.05) is 51.5 Å². The van der Waals surface area contributed by atoms with E-state index in [0.717, 1.165) is 43.0 Å². The molecule has 0 radical (unpaired) electrons. The van der Waals surface area contributed by atoms with Gasteiger partial charge in [0.05, 0.1) is 17.4 Å². The Labute approximate surface area is 152 Å². The van der Waals surface area contributed by atoms with Crippen molar-refractivity contribution in [2.24, 2.45) is 0 Å². The highest BCUT2D eigenvalue weighted by Crippen LogP contribution is 2.14. The van der Waals surface area contributed by atoms with E-state index in [1.807, 2.05) is 41.6 Å². The maximum atomic E-state index is 12.7. The normalized spacial score (nSPS) is 15.2. The monoisotopic (exact) mass is 350 g/mol. The number of hydrogen-bond acceptors (Lipinski definition) is 5. The van der Waals surface area contributed by atoms with E-state index in [2.05, 4.69) is 24.4 Å². The fourth-order valence-corrected chi connectivity index (χ4v) is 3.38. The lowest BCUT2D eigenvalue weighted by Crippen LogP contribution is -2.36. The number of aryl methyl sites for hydroxylation is 1. The number of carbonyl (C=O) groups excluding carboxylic acids is 1. The Morgan fingerprint density at radius 3 is 2.69 bits per heavy atom. The van der Waals surface area contributed by atoms with Gasteiger partial charge in [-0.05, 0) is 24.6 Å². The fraction of sp³-hybridized carbons (Fsp3) is 0.368. The molecule has 0 saturated carbocycles. The van der Waals surface area contributed by atoms with Gasteiger partial charge in [-0.1, -0.05) is 12.1 Å². The van der Waals surface area contributed by atoms with Gasteiger partial charge in [0.15, 0.2) is 0 Å². The number of para-hydroxylation sites is 2. The minimum Gasteiger partial charge on any atom is -0.341 e. The van der Waals surface area contributed by atoms with Crippen LogP contribution in [0.5, 0.6) is 0 Å². The van der Waals surface area contributed by atoms with Crippen LogP contribution in [0.2, 0.25) is 0 Å². The average molecular weight is 350 g/mol. The number of fused-ring (bicyclic) bond motifs is 1. The zero-order valence-electron chi connectivity index (χ0n) is 14.7. The van der Waals surface area contributed by atoms with Crippen LogP contribution in [-0.4, -0.2) is 56.5 Å². The topological polar surface area (TPSA) is 67.2 Å². The van der Waals surface area contributed by atoms with Crippen molar-refractivity contribution in [2.45, 2.75) is 19.4 Å². The molecule has 0 unspecified atom stereocenters. The van der Waals surface area contributed by atoms with Gasteiger partial charge in [0.1, 0.15) is 0 Å². The number of aromatic nitrogens is 4. The van der Waals surface area contributed by atoms with E-state index < -0.39 is 0 Å². The molecule has 7 nitrogen and oxygen atoms in total. The average Bonchev–Trinajstić information content (AvgIpc) is 2.94. The van der Waals surface area contributed by atoms with Crippen LogP contribution >= 0.6 is 0 Å². The minimum absolute atomic E-state index is 0.193. The quantitative estimate of drug-likeness (QED) is 0.719. The number of nitrogens with zero attached hydrogens (tertiary/aromatic N) is 6. The lowest BCUT2D eigenvalue weighted by atomic mass is 10.3. The highest BCUT2D eigenvalue weighted by Gasteiger charge is 2.20. The number of carbonyl (C=O) groups is 1. The molecule has 3 heterocycles. The zero-order chi connectivity index (χ0) is 17.8. The Kier molecular flexibility index (Phi) is 4.77. The Morgan fingerprint density at radius 1 is 0.962 bits per heavy atom. The molecule has 26 heavy (non-hydrogen) atoms. The molecule has 1 aliphatic heterocycles. The van der Waals surface area contributed by atoms with E-state index in [1.54, 1.807) is 12.4 Å². The summed E-state index contributed by atoms with van der Waals surface area (Å²) in [5, 5.41) is 0. The zero-order valence-corrected chi connectivity index (χ0v) is 14.7. The molecule has 134 valence electrons. The summed E-state index contributed by atoms with van der Waals surface area (Å²) in [6.07, 6.45) is 6.74. The molecule has 1 saturated heterocycles. The number of hydrogen-bond donors (Lipinski definition) is 0.